The molecule has 0 saturated heterocycles. The number of aryl methyl sites for hydroxylation is 1. The number of ketones is 1. The molecule has 3 aromatic carbocycles. The molecule has 1 amide bonds. The minimum Gasteiger partial charge on any atom is -0.497 e. The van der Waals surface area contributed by atoms with E-state index in [0.717, 1.165) is 61.3 Å². The van der Waals surface area contributed by atoms with Crippen molar-refractivity contribution in [2.24, 2.45) is 0 Å². The molecule has 0 saturated carbocycles. The van der Waals surface area contributed by atoms with Gasteiger partial charge in [0.1, 0.15) is 17.6 Å². The van der Waals surface area contributed by atoms with Crippen LogP contribution >= 0.6 is 11.3 Å². The van der Waals surface area contributed by atoms with E-state index in [2.05, 4.69) is 5.32 Å². The molecular weight excluding hydrogens is 574 g/mol. The molecule has 1 atom stereocenters. The predicted octanol–water partition coefficient (Wildman–Crippen LogP) is 7.14. The Morgan fingerprint density at radius 3 is 2.59 bits per heavy atom. The molecule has 3 heterocycles. The summed E-state index contributed by atoms with van der Waals surface area (Å²) in [7, 11) is 1.62. The van der Waals surface area contributed by atoms with E-state index in [-0.39, 0.29) is 11.7 Å². The zero-order valence-electron chi connectivity index (χ0n) is 25.7. The highest BCUT2D eigenvalue weighted by atomic mass is 32.1. The highest BCUT2D eigenvalue weighted by molar-refractivity contribution is 7.20. The first kappa shape index (κ1) is 29.7. The number of methoxy groups -OCH3 is 1. The van der Waals surface area contributed by atoms with Crippen molar-refractivity contribution < 1.29 is 23.8 Å². The monoisotopic (exact) mass is 609 g/mol. The second kappa shape index (κ2) is 11.6. The van der Waals surface area contributed by atoms with Crippen LogP contribution in [0.25, 0.3) is 32.2 Å². The van der Waals surface area contributed by atoms with Crippen molar-refractivity contribution in [2.75, 3.05) is 13.7 Å². The SMILES string of the molecule is COc1ccc(CNC(=O)c2nc3cc(C)c([C@H](OC(C)(C)C)C(C)=O)c(-c4ccc5c6c(ccnc46)CCO5)c3s2)cc1. The maximum absolute atomic E-state index is 13.4. The minimum atomic E-state index is -0.828. The van der Waals surface area contributed by atoms with Crippen molar-refractivity contribution in [1.29, 1.82) is 0 Å². The molecule has 1 aliphatic rings. The van der Waals surface area contributed by atoms with Crippen LogP contribution in [0.4, 0.5) is 0 Å². The number of thiazole rings is 1. The fourth-order valence-electron chi connectivity index (χ4n) is 5.72. The van der Waals surface area contributed by atoms with E-state index in [1.807, 2.05) is 82.4 Å². The highest BCUT2D eigenvalue weighted by Gasteiger charge is 2.32. The van der Waals surface area contributed by atoms with Crippen molar-refractivity contribution in [3.63, 3.8) is 0 Å². The van der Waals surface area contributed by atoms with E-state index in [1.54, 1.807) is 14.0 Å². The Balaban J connectivity index is 1.53. The van der Waals surface area contributed by atoms with Gasteiger partial charge in [0.25, 0.3) is 5.91 Å². The van der Waals surface area contributed by atoms with Gasteiger partial charge in [-0.3, -0.25) is 14.6 Å². The van der Waals surface area contributed by atoms with E-state index in [9.17, 15) is 9.59 Å². The van der Waals surface area contributed by atoms with Crippen LogP contribution in [-0.2, 0) is 22.5 Å². The first-order valence-corrected chi connectivity index (χ1v) is 15.4. The molecule has 8 nitrogen and oxygen atoms in total. The lowest BCUT2D eigenvalue weighted by atomic mass is 9.88. The molecule has 44 heavy (non-hydrogen) atoms. The molecule has 9 heteroatoms. The fraction of sp³-hybridized carbons (Fsp3) is 0.314. The zero-order chi connectivity index (χ0) is 31.2. The van der Waals surface area contributed by atoms with Gasteiger partial charge in [0.2, 0.25) is 0 Å². The van der Waals surface area contributed by atoms with E-state index in [4.69, 9.17) is 24.2 Å². The van der Waals surface area contributed by atoms with E-state index in [1.165, 1.54) is 16.9 Å². The van der Waals surface area contributed by atoms with Gasteiger partial charge >= 0.3 is 0 Å². The summed E-state index contributed by atoms with van der Waals surface area (Å²) in [5, 5.41) is 4.30. The van der Waals surface area contributed by atoms with Gasteiger partial charge in [-0.1, -0.05) is 12.1 Å². The summed E-state index contributed by atoms with van der Waals surface area (Å²) in [5.41, 5.74) is 6.24. The highest BCUT2D eigenvalue weighted by Crippen LogP contribution is 2.46. The Morgan fingerprint density at radius 1 is 1.11 bits per heavy atom. The lowest BCUT2D eigenvalue weighted by molar-refractivity contribution is -0.138. The smallest absolute Gasteiger partial charge is 0.280 e. The molecule has 1 aliphatic heterocycles. The fourth-order valence-corrected chi connectivity index (χ4v) is 6.75. The number of nitrogens with one attached hydrogen (secondary N) is 1. The van der Waals surface area contributed by atoms with Crippen molar-refractivity contribution in [3.8, 4) is 22.6 Å². The van der Waals surface area contributed by atoms with Gasteiger partial charge in [0, 0.05) is 41.2 Å². The number of rotatable bonds is 8. The van der Waals surface area contributed by atoms with Crippen LogP contribution in [0.3, 0.4) is 0 Å². The van der Waals surface area contributed by atoms with Gasteiger partial charge in [0.05, 0.1) is 35.1 Å². The van der Waals surface area contributed by atoms with Crippen LogP contribution in [0.2, 0.25) is 0 Å². The zero-order valence-corrected chi connectivity index (χ0v) is 26.6. The third-order valence-corrected chi connectivity index (χ3v) is 8.76. The largest absolute Gasteiger partial charge is 0.497 e. The summed E-state index contributed by atoms with van der Waals surface area (Å²) in [6, 6.07) is 15.5. The number of carbonyl (C=O) groups is 2. The number of ether oxygens (including phenoxy) is 3. The third kappa shape index (κ3) is 5.65. The molecule has 0 unspecified atom stereocenters. The third-order valence-electron chi connectivity index (χ3n) is 7.68. The van der Waals surface area contributed by atoms with Gasteiger partial charge in [-0.25, -0.2) is 4.98 Å². The average molecular weight is 610 g/mol. The first-order valence-electron chi connectivity index (χ1n) is 14.6. The number of fused-ring (bicyclic) bond motifs is 1. The first-order chi connectivity index (χ1) is 21.0. The molecule has 5 aromatic rings. The molecule has 1 N–H and O–H groups in total. The molecule has 2 aromatic heterocycles. The summed E-state index contributed by atoms with van der Waals surface area (Å²) in [4.78, 5) is 36.3. The van der Waals surface area contributed by atoms with Crippen LogP contribution in [0, 0.1) is 6.92 Å². The number of benzene rings is 3. The van der Waals surface area contributed by atoms with Crippen molar-refractivity contribution in [3.05, 3.63) is 82.0 Å². The number of aromatic nitrogens is 2. The minimum absolute atomic E-state index is 0.107. The normalized spacial score (nSPS) is 13.5. The topological polar surface area (TPSA) is 99.6 Å². The molecule has 226 valence electrons. The summed E-state index contributed by atoms with van der Waals surface area (Å²) in [6.07, 6.45) is 1.78. The molecular formula is C35H35N3O5S. The maximum Gasteiger partial charge on any atom is 0.280 e. The number of amides is 1. The van der Waals surface area contributed by atoms with Crippen LogP contribution in [0.1, 0.15) is 65.9 Å². The van der Waals surface area contributed by atoms with Crippen LogP contribution < -0.4 is 14.8 Å². The number of hydrogen-bond acceptors (Lipinski definition) is 8. The van der Waals surface area contributed by atoms with Crippen molar-refractivity contribution in [2.45, 2.75) is 59.3 Å². The molecule has 6 rings (SSSR count). The van der Waals surface area contributed by atoms with Crippen molar-refractivity contribution >= 4 is 44.1 Å². The van der Waals surface area contributed by atoms with Crippen LogP contribution in [0.15, 0.2) is 54.7 Å². The molecule has 0 aliphatic carbocycles. The van der Waals surface area contributed by atoms with E-state index < -0.39 is 11.7 Å². The van der Waals surface area contributed by atoms with Gasteiger partial charge < -0.3 is 19.5 Å². The number of Topliss-reactive ketones (excluding diaryl/α,β-unsaturated/α-hetero) is 1. The Morgan fingerprint density at radius 2 is 1.89 bits per heavy atom. The standard InChI is InChI=1S/C35H35N3O5S/c1-19-17-25-32(44-34(38-25)33(40)37-18-21-7-9-23(41-6)10-8-21)29(27(19)31(20(2)39)43-35(3,4)5)24-11-12-26-28-22(14-16-42-26)13-15-36-30(24)28/h7-13,15,17,31H,14,16,18H2,1-6H3,(H,37,40)/t31-/m1/s1. The summed E-state index contributed by atoms with van der Waals surface area (Å²) in [6.45, 7) is 10.3. The van der Waals surface area contributed by atoms with Crippen molar-refractivity contribution in [1.82, 2.24) is 15.3 Å². The average Bonchev–Trinajstić information content (AvgIpc) is 3.42. The number of pyridine rings is 1. The van der Waals surface area contributed by atoms with E-state index >= 15 is 0 Å². The van der Waals surface area contributed by atoms with E-state index in [0.29, 0.717) is 23.7 Å². The maximum atomic E-state index is 13.4. The summed E-state index contributed by atoms with van der Waals surface area (Å²) < 4.78 is 18.5. The molecule has 0 spiro atoms. The molecule has 0 bridgehead atoms. The number of carbonyl (C=O) groups excluding carboxylic acids is 2. The van der Waals surface area contributed by atoms with Gasteiger partial charge in [-0.2, -0.15) is 0 Å². The summed E-state index contributed by atoms with van der Waals surface area (Å²) in [5.74, 6) is 1.17. The number of hydrogen-bond donors (Lipinski definition) is 1. The second-order valence-corrected chi connectivity index (χ2v) is 13.0. The van der Waals surface area contributed by atoms with Gasteiger partial charge in [-0.15, -0.1) is 11.3 Å². The van der Waals surface area contributed by atoms with Gasteiger partial charge in [0.15, 0.2) is 10.8 Å². The molecule has 0 fully saturated rings. The second-order valence-electron chi connectivity index (χ2n) is 12.0. The van der Waals surface area contributed by atoms with Crippen LogP contribution in [-0.4, -0.2) is 41.0 Å². The number of nitrogens with zero attached hydrogens (tertiary/aromatic N) is 2. The Labute approximate surface area is 260 Å². The lowest BCUT2D eigenvalue weighted by Gasteiger charge is -2.29. The predicted molar refractivity (Wildman–Crippen MR) is 173 cm³/mol. The molecule has 0 radical (unpaired) electrons. The van der Waals surface area contributed by atoms with Gasteiger partial charge in [-0.05, 0) is 87.7 Å². The lowest BCUT2D eigenvalue weighted by Crippen LogP contribution is -2.27. The Bertz CT molecular complexity index is 1900. The quantitative estimate of drug-likeness (QED) is 0.200. The van der Waals surface area contributed by atoms with Crippen LogP contribution in [0.5, 0.6) is 11.5 Å². The summed E-state index contributed by atoms with van der Waals surface area (Å²) >= 11 is 1.31. The Hall–Kier alpha value is -4.34. The Kier molecular flexibility index (Phi) is 7.86.